The molecule has 1 heterocycles. The minimum absolute atomic E-state index is 0.148. The molecule has 0 spiro atoms. The van der Waals surface area contributed by atoms with Gasteiger partial charge in [-0.05, 0) is 30.7 Å². The van der Waals surface area contributed by atoms with Gasteiger partial charge in [-0.1, -0.05) is 6.07 Å². The standard InChI is InChI=1S/C11H14ClNOS/c12-6-7-13(9-3-1-4-9)11(14)10-5-2-8-15-10/h2,5,8-9H,1,3-4,6-7H2. The Kier molecular flexibility index (Phi) is 3.65. The monoisotopic (exact) mass is 243 g/mol. The Labute approximate surface area is 98.8 Å². The Morgan fingerprint density at radius 3 is 2.87 bits per heavy atom. The molecule has 1 amide bonds. The highest BCUT2D eigenvalue weighted by molar-refractivity contribution is 7.12. The fraction of sp³-hybridized carbons (Fsp3) is 0.545. The Bertz CT molecular complexity index is 321. The molecule has 1 fully saturated rings. The summed E-state index contributed by atoms with van der Waals surface area (Å²) in [7, 11) is 0. The lowest BCUT2D eigenvalue weighted by Crippen LogP contribution is -2.44. The number of hydrogen-bond acceptors (Lipinski definition) is 2. The molecule has 0 aromatic carbocycles. The van der Waals surface area contributed by atoms with E-state index in [1.54, 1.807) is 0 Å². The summed E-state index contributed by atoms with van der Waals surface area (Å²) >= 11 is 7.24. The number of carbonyl (C=O) groups is 1. The summed E-state index contributed by atoms with van der Waals surface area (Å²) in [6.45, 7) is 0.670. The van der Waals surface area contributed by atoms with Crippen LogP contribution in [0.15, 0.2) is 17.5 Å². The quantitative estimate of drug-likeness (QED) is 0.745. The maximum Gasteiger partial charge on any atom is 0.264 e. The zero-order chi connectivity index (χ0) is 10.7. The second-order valence-corrected chi connectivity index (χ2v) is 5.08. The van der Waals surface area contributed by atoms with Crippen molar-refractivity contribution < 1.29 is 4.79 Å². The van der Waals surface area contributed by atoms with E-state index in [0.717, 1.165) is 17.7 Å². The average Bonchev–Trinajstić information content (AvgIpc) is 2.66. The number of carbonyl (C=O) groups excluding carboxylic acids is 1. The van der Waals surface area contributed by atoms with Crippen molar-refractivity contribution in [2.24, 2.45) is 0 Å². The largest absolute Gasteiger partial charge is 0.334 e. The topological polar surface area (TPSA) is 20.3 Å². The first-order chi connectivity index (χ1) is 7.33. The smallest absolute Gasteiger partial charge is 0.264 e. The van der Waals surface area contributed by atoms with Crippen molar-refractivity contribution in [3.63, 3.8) is 0 Å². The Morgan fingerprint density at radius 1 is 1.60 bits per heavy atom. The predicted molar refractivity (Wildman–Crippen MR) is 63.7 cm³/mol. The highest BCUT2D eigenvalue weighted by Crippen LogP contribution is 2.26. The van der Waals surface area contributed by atoms with Crippen LogP contribution in [-0.2, 0) is 0 Å². The first-order valence-electron chi connectivity index (χ1n) is 5.23. The average molecular weight is 244 g/mol. The number of amides is 1. The van der Waals surface area contributed by atoms with Crippen LogP contribution in [0.5, 0.6) is 0 Å². The van der Waals surface area contributed by atoms with Crippen molar-refractivity contribution in [2.45, 2.75) is 25.3 Å². The number of thiophene rings is 1. The fourth-order valence-electron chi connectivity index (χ4n) is 1.78. The third-order valence-electron chi connectivity index (χ3n) is 2.83. The Balaban J connectivity index is 2.06. The Morgan fingerprint density at radius 2 is 2.40 bits per heavy atom. The van der Waals surface area contributed by atoms with Gasteiger partial charge >= 0.3 is 0 Å². The van der Waals surface area contributed by atoms with E-state index in [-0.39, 0.29) is 5.91 Å². The van der Waals surface area contributed by atoms with Gasteiger partial charge in [0.2, 0.25) is 0 Å². The first kappa shape index (κ1) is 11.0. The molecule has 0 bridgehead atoms. The van der Waals surface area contributed by atoms with Crippen molar-refractivity contribution >= 4 is 28.8 Å². The van der Waals surface area contributed by atoms with E-state index in [2.05, 4.69) is 0 Å². The van der Waals surface area contributed by atoms with Gasteiger partial charge in [0.15, 0.2) is 0 Å². The molecule has 82 valence electrons. The van der Waals surface area contributed by atoms with Crippen LogP contribution in [0.1, 0.15) is 28.9 Å². The summed E-state index contributed by atoms with van der Waals surface area (Å²) < 4.78 is 0. The summed E-state index contributed by atoms with van der Waals surface area (Å²) in [6, 6.07) is 4.23. The summed E-state index contributed by atoms with van der Waals surface area (Å²) in [5, 5.41) is 1.94. The third kappa shape index (κ3) is 2.34. The van der Waals surface area contributed by atoms with Gasteiger partial charge in [-0.25, -0.2) is 0 Å². The van der Waals surface area contributed by atoms with Crippen LogP contribution < -0.4 is 0 Å². The molecule has 1 aromatic heterocycles. The van der Waals surface area contributed by atoms with E-state index >= 15 is 0 Å². The number of rotatable bonds is 4. The van der Waals surface area contributed by atoms with E-state index in [9.17, 15) is 4.79 Å². The van der Waals surface area contributed by atoms with Gasteiger partial charge in [-0.3, -0.25) is 4.79 Å². The molecule has 0 radical (unpaired) electrons. The summed E-state index contributed by atoms with van der Waals surface area (Å²) in [5.41, 5.74) is 0. The van der Waals surface area contributed by atoms with Crippen LogP contribution in [0.25, 0.3) is 0 Å². The number of hydrogen-bond donors (Lipinski definition) is 0. The molecule has 1 aliphatic carbocycles. The molecule has 2 nitrogen and oxygen atoms in total. The van der Waals surface area contributed by atoms with Crippen molar-refractivity contribution in [1.29, 1.82) is 0 Å². The first-order valence-corrected chi connectivity index (χ1v) is 6.65. The predicted octanol–water partition coefficient (Wildman–Crippen LogP) is 2.98. The van der Waals surface area contributed by atoms with Crippen molar-refractivity contribution in [3.05, 3.63) is 22.4 Å². The second kappa shape index (κ2) is 4.99. The van der Waals surface area contributed by atoms with E-state index < -0.39 is 0 Å². The number of alkyl halides is 1. The summed E-state index contributed by atoms with van der Waals surface area (Å²) in [4.78, 5) is 14.9. The summed E-state index contributed by atoms with van der Waals surface area (Å²) in [6.07, 6.45) is 3.50. The highest BCUT2D eigenvalue weighted by Gasteiger charge is 2.29. The van der Waals surface area contributed by atoms with Gasteiger partial charge in [-0.2, -0.15) is 0 Å². The van der Waals surface area contributed by atoms with Gasteiger partial charge in [0.25, 0.3) is 5.91 Å². The minimum Gasteiger partial charge on any atom is -0.334 e. The fourth-order valence-corrected chi connectivity index (χ4v) is 2.64. The van der Waals surface area contributed by atoms with Gasteiger partial charge in [-0.15, -0.1) is 22.9 Å². The van der Waals surface area contributed by atoms with Crippen molar-refractivity contribution in [2.75, 3.05) is 12.4 Å². The maximum absolute atomic E-state index is 12.1. The van der Waals surface area contributed by atoms with Gasteiger partial charge in [0, 0.05) is 18.5 Å². The molecule has 2 rings (SSSR count). The molecule has 4 heteroatoms. The molecule has 0 unspecified atom stereocenters. The molecule has 1 aromatic rings. The van der Waals surface area contributed by atoms with Crippen LogP contribution in [0.3, 0.4) is 0 Å². The molecule has 0 saturated heterocycles. The zero-order valence-electron chi connectivity index (χ0n) is 8.49. The normalized spacial score (nSPS) is 16.1. The molecule has 1 aliphatic rings. The van der Waals surface area contributed by atoms with Crippen LogP contribution >= 0.6 is 22.9 Å². The lowest BCUT2D eigenvalue weighted by Gasteiger charge is -2.37. The van der Waals surface area contributed by atoms with Gasteiger partial charge < -0.3 is 4.90 Å². The molecular weight excluding hydrogens is 230 g/mol. The second-order valence-electron chi connectivity index (χ2n) is 3.75. The van der Waals surface area contributed by atoms with E-state index in [0.29, 0.717) is 18.5 Å². The van der Waals surface area contributed by atoms with Crippen LogP contribution in [-0.4, -0.2) is 29.3 Å². The highest BCUT2D eigenvalue weighted by atomic mass is 35.5. The Hall–Kier alpha value is -0.540. The SMILES string of the molecule is O=C(c1cccs1)N(CCCl)C1CCC1. The minimum atomic E-state index is 0.148. The van der Waals surface area contributed by atoms with E-state index in [1.165, 1.54) is 17.8 Å². The molecule has 15 heavy (non-hydrogen) atoms. The van der Waals surface area contributed by atoms with Crippen LogP contribution in [0.2, 0.25) is 0 Å². The van der Waals surface area contributed by atoms with Crippen LogP contribution in [0.4, 0.5) is 0 Å². The van der Waals surface area contributed by atoms with Crippen molar-refractivity contribution in [1.82, 2.24) is 4.90 Å². The molecular formula is C11H14ClNOS. The third-order valence-corrected chi connectivity index (χ3v) is 3.86. The lowest BCUT2D eigenvalue weighted by molar-refractivity contribution is 0.0603. The van der Waals surface area contributed by atoms with E-state index in [1.807, 2.05) is 22.4 Å². The van der Waals surface area contributed by atoms with E-state index in [4.69, 9.17) is 11.6 Å². The lowest BCUT2D eigenvalue weighted by atomic mass is 9.91. The molecule has 0 aliphatic heterocycles. The summed E-state index contributed by atoms with van der Waals surface area (Å²) in [5.74, 6) is 0.670. The molecule has 1 saturated carbocycles. The van der Waals surface area contributed by atoms with Gasteiger partial charge in [0.05, 0.1) is 4.88 Å². The number of halogens is 1. The molecule has 0 N–H and O–H groups in total. The van der Waals surface area contributed by atoms with Crippen LogP contribution in [0, 0.1) is 0 Å². The van der Waals surface area contributed by atoms with Crippen molar-refractivity contribution in [3.8, 4) is 0 Å². The zero-order valence-corrected chi connectivity index (χ0v) is 10.1. The van der Waals surface area contributed by atoms with Gasteiger partial charge in [0.1, 0.15) is 0 Å². The number of nitrogens with zero attached hydrogens (tertiary/aromatic N) is 1. The molecule has 0 atom stereocenters. The maximum atomic E-state index is 12.1.